The Morgan fingerprint density at radius 1 is 1.24 bits per heavy atom. The summed E-state index contributed by atoms with van der Waals surface area (Å²) in [5.41, 5.74) is 1.10. The molecule has 3 rings (SSSR count). The average Bonchev–Trinajstić information content (AvgIpc) is 2.75. The summed E-state index contributed by atoms with van der Waals surface area (Å²) in [6, 6.07) is 15.0. The summed E-state index contributed by atoms with van der Waals surface area (Å²) < 4.78 is 5.81. The van der Waals surface area contributed by atoms with Gasteiger partial charge in [0, 0.05) is 11.1 Å². The average molecular weight is 411 g/mol. The maximum Gasteiger partial charge on any atom is 0.235 e. The lowest BCUT2D eigenvalue weighted by atomic mass is 9.68. The van der Waals surface area contributed by atoms with Gasteiger partial charge in [-0.05, 0) is 49.9 Å². The van der Waals surface area contributed by atoms with E-state index in [1.54, 1.807) is 18.2 Å². The smallest absolute Gasteiger partial charge is 0.235 e. The van der Waals surface area contributed by atoms with Crippen molar-refractivity contribution in [1.29, 1.82) is 5.26 Å². The molecule has 0 radical (unpaired) electrons. The summed E-state index contributed by atoms with van der Waals surface area (Å²) in [6.07, 6.45) is 5.51. The number of rotatable bonds is 6. The van der Waals surface area contributed by atoms with E-state index in [0.29, 0.717) is 22.0 Å². The Balaban J connectivity index is 1.91. The van der Waals surface area contributed by atoms with Crippen molar-refractivity contribution in [1.82, 2.24) is 0 Å². The number of halogens is 1. The van der Waals surface area contributed by atoms with Crippen LogP contribution >= 0.6 is 11.6 Å². The fourth-order valence-electron chi connectivity index (χ4n) is 3.98. The molecule has 1 fully saturated rings. The minimum Gasteiger partial charge on any atom is -0.491 e. The van der Waals surface area contributed by atoms with Crippen LogP contribution in [0.1, 0.15) is 63.5 Å². The van der Waals surface area contributed by atoms with Crippen molar-refractivity contribution in [2.24, 2.45) is 0 Å². The number of carbonyl (C=O) groups is 1. The van der Waals surface area contributed by atoms with Crippen molar-refractivity contribution in [3.8, 4) is 11.8 Å². The molecule has 2 aromatic rings. The quantitative estimate of drug-likeness (QED) is 0.613. The highest BCUT2D eigenvalue weighted by atomic mass is 35.5. The lowest BCUT2D eigenvalue weighted by molar-refractivity contribution is -0.122. The number of nitrogens with zero attached hydrogens (tertiary/aromatic N) is 1. The second-order valence-corrected chi connectivity index (χ2v) is 8.14. The van der Waals surface area contributed by atoms with Crippen LogP contribution in [0.25, 0.3) is 0 Å². The number of hydrogen-bond donors (Lipinski definition) is 1. The van der Waals surface area contributed by atoms with Crippen molar-refractivity contribution in [3.63, 3.8) is 0 Å². The monoisotopic (exact) mass is 410 g/mol. The predicted molar refractivity (Wildman–Crippen MR) is 116 cm³/mol. The summed E-state index contributed by atoms with van der Waals surface area (Å²) in [5, 5.41) is 13.2. The van der Waals surface area contributed by atoms with Gasteiger partial charge < -0.3 is 10.1 Å². The van der Waals surface area contributed by atoms with Crippen LogP contribution in [0.15, 0.2) is 42.5 Å². The van der Waals surface area contributed by atoms with Crippen LogP contribution in [-0.4, -0.2) is 12.0 Å². The fourth-order valence-corrected chi connectivity index (χ4v) is 4.30. The largest absolute Gasteiger partial charge is 0.491 e. The molecule has 1 aliphatic carbocycles. The standard InChI is InChI=1S/C24H27ClN2O2/c1-3-17(2)29-19-11-12-22(18(15-19)16-26)27-23(28)24(13-7-4-8-14-24)20-9-5-6-10-21(20)25/h5-6,9-12,15,17H,3-4,7-8,13-14H2,1-2H3,(H,27,28)/t17-/m0/s1. The summed E-state index contributed by atoms with van der Waals surface area (Å²) in [7, 11) is 0. The molecule has 1 saturated carbocycles. The van der Waals surface area contributed by atoms with Crippen molar-refractivity contribution < 1.29 is 9.53 Å². The minimum atomic E-state index is -0.671. The highest BCUT2D eigenvalue weighted by Crippen LogP contribution is 2.43. The van der Waals surface area contributed by atoms with E-state index < -0.39 is 5.41 Å². The van der Waals surface area contributed by atoms with Gasteiger partial charge in [-0.3, -0.25) is 4.79 Å². The summed E-state index contributed by atoms with van der Waals surface area (Å²) >= 11 is 6.49. The van der Waals surface area contributed by atoms with Crippen LogP contribution in [0.4, 0.5) is 5.69 Å². The fraction of sp³-hybridized carbons (Fsp3) is 0.417. The maximum absolute atomic E-state index is 13.5. The van der Waals surface area contributed by atoms with Gasteiger partial charge in [0.15, 0.2) is 0 Å². The van der Waals surface area contributed by atoms with Crippen molar-refractivity contribution in [3.05, 3.63) is 58.6 Å². The van der Waals surface area contributed by atoms with Gasteiger partial charge in [0.05, 0.1) is 22.8 Å². The van der Waals surface area contributed by atoms with Crippen LogP contribution in [0.5, 0.6) is 5.75 Å². The molecular weight excluding hydrogens is 384 g/mol. The third-order valence-corrected chi connectivity index (χ3v) is 6.13. The molecule has 1 N–H and O–H groups in total. The first-order valence-corrected chi connectivity index (χ1v) is 10.6. The van der Waals surface area contributed by atoms with Gasteiger partial charge in [0.25, 0.3) is 0 Å². The molecule has 29 heavy (non-hydrogen) atoms. The van der Waals surface area contributed by atoms with Crippen LogP contribution in [0.2, 0.25) is 5.02 Å². The number of amides is 1. The van der Waals surface area contributed by atoms with E-state index in [1.165, 1.54) is 0 Å². The topological polar surface area (TPSA) is 62.1 Å². The van der Waals surface area contributed by atoms with Crippen molar-refractivity contribution in [2.45, 2.75) is 63.9 Å². The van der Waals surface area contributed by atoms with E-state index >= 15 is 0 Å². The minimum absolute atomic E-state index is 0.0627. The zero-order chi connectivity index (χ0) is 20.9. The molecule has 152 valence electrons. The Morgan fingerprint density at radius 2 is 1.97 bits per heavy atom. The van der Waals surface area contributed by atoms with Gasteiger partial charge in [-0.15, -0.1) is 0 Å². The van der Waals surface area contributed by atoms with E-state index in [1.807, 2.05) is 38.1 Å². The first-order chi connectivity index (χ1) is 14.0. The van der Waals surface area contributed by atoms with Gasteiger partial charge >= 0.3 is 0 Å². The SMILES string of the molecule is CC[C@H](C)Oc1ccc(NC(=O)C2(c3ccccc3Cl)CCCCC2)c(C#N)c1. The van der Waals surface area contributed by atoms with E-state index in [0.717, 1.165) is 44.1 Å². The molecule has 0 saturated heterocycles. The molecule has 0 bridgehead atoms. The Morgan fingerprint density at radius 3 is 2.62 bits per heavy atom. The van der Waals surface area contributed by atoms with Crippen LogP contribution in [0, 0.1) is 11.3 Å². The molecule has 0 heterocycles. The molecule has 1 atom stereocenters. The van der Waals surface area contributed by atoms with E-state index in [9.17, 15) is 10.1 Å². The molecule has 0 aliphatic heterocycles. The highest BCUT2D eigenvalue weighted by Gasteiger charge is 2.42. The summed E-state index contributed by atoms with van der Waals surface area (Å²) in [5.74, 6) is 0.532. The molecule has 1 amide bonds. The van der Waals surface area contributed by atoms with Gasteiger partial charge in [0.1, 0.15) is 11.8 Å². The third-order valence-electron chi connectivity index (χ3n) is 5.80. The molecule has 4 nitrogen and oxygen atoms in total. The normalized spacial score (nSPS) is 16.5. The van der Waals surface area contributed by atoms with Crippen LogP contribution < -0.4 is 10.1 Å². The van der Waals surface area contributed by atoms with Gasteiger partial charge in [0.2, 0.25) is 5.91 Å². The number of nitrogens with one attached hydrogen (secondary N) is 1. The zero-order valence-electron chi connectivity index (χ0n) is 17.0. The second kappa shape index (κ2) is 9.33. The Kier molecular flexibility index (Phi) is 6.82. The van der Waals surface area contributed by atoms with E-state index in [-0.39, 0.29) is 12.0 Å². The lowest BCUT2D eigenvalue weighted by Crippen LogP contribution is -2.42. The second-order valence-electron chi connectivity index (χ2n) is 7.73. The maximum atomic E-state index is 13.5. The number of hydrogen-bond acceptors (Lipinski definition) is 3. The van der Waals surface area contributed by atoms with E-state index in [2.05, 4.69) is 11.4 Å². The summed E-state index contributed by atoms with van der Waals surface area (Å²) in [4.78, 5) is 13.5. The first-order valence-electron chi connectivity index (χ1n) is 10.3. The Hall–Kier alpha value is -2.51. The van der Waals surface area contributed by atoms with Crippen LogP contribution in [-0.2, 0) is 10.2 Å². The number of carbonyl (C=O) groups excluding carboxylic acids is 1. The molecule has 2 aromatic carbocycles. The van der Waals surface area contributed by atoms with E-state index in [4.69, 9.17) is 16.3 Å². The zero-order valence-corrected chi connectivity index (χ0v) is 17.8. The number of anilines is 1. The molecule has 0 unspecified atom stereocenters. The number of nitriles is 1. The number of benzene rings is 2. The third kappa shape index (κ3) is 4.57. The summed E-state index contributed by atoms with van der Waals surface area (Å²) in [6.45, 7) is 4.03. The predicted octanol–water partition coefficient (Wildman–Crippen LogP) is 6.23. The Labute approximate surface area is 177 Å². The van der Waals surface area contributed by atoms with Crippen LogP contribution in [0.3, 0.4) is 0 Å². The highest BCUT2D eigenvalue weighted by molar-refractivity contribution is 6.31. The van der Waals surface area contributed by atoms with Crippen molar-refractivity contribution >= 4 is 23.2 Å². The molecule has 0 aromatic heterocycles. The molecule has 1 aliphatic rings. The number of ether oxygens (including phenoxy) is 1. The van der Waals surface area contributed by atoms with Gasteiger partial charge in [-0.1, -0.05) is 56.0 Å². The molecule has 5 heteroatoms. The molecular formula is C24H27ClN2O2. The first kappa shape index (κ1) is 21.2. The Bertz CT molecular complexity index is 913. The van der Waals surface area contributed by atoms with Gasteiger partial charge in [-0.25, -0.2) is 0 Å². The van der Waals surface area contributed by atoms with Crippen molar-refractivity contribution in [2.75, 3.05) is 5.32 Å². The van der Waals surface area contributed by atoms with Gasteiger partial charge in [-0.2, -0.15) is 5.26 Å². The lowest BCUT2D eigenvalue weighted by Gasteiger charge is -2.37. The molecule has 0 spiro atoms.